The molecule has 0 aliphatic carbocycles. The normalized spacial score (nSPS) is 11.4. The van der Waals surface area contributed by atoms with Crippen LogP contribution in [0, 0.1) is 0 Å². The summed E-state index contributed by atoms with van der Waals surface area (Å²) in [6.07, 6.45) is -3.01. The van der Waals surface area contributed by atoms with E-state index in [0.29, 0.717) is 11.3 Å². The summed E-state index contributed by atoms with van der Waals surface area (Å²) in [5, 5.41) is 3.41. The average molecular weight is 320 g/mol. The van der Waals surface area contributed by atoms with Crippen LogP contribution in [-0.4, -0.2) is 17.3 Å². The Morgan fingerprint density at radius 3 is 2.48 bits per heavy atom. The molecule has 1 heterocycles. The summed E-state index contributed by atoms with van der Waals surface area (Å²) in [5.41, 5.74) is 1.67. The van der Waals surface area contributed by atoms with E-state index >= 15 is 0 Å². The van der Waals surface area contributed by atoms with E-state index in [4.69, 9.17) is 0 Å². The Morgan fingerprint density at radius 1 is 1.04 bits per heavy atom. The predicted octanol–water partition coefficient (Wildman–Crippen LogP) is 4.32. The van der Waals surface area contributed by atoms with Crippen molar-refractivity contribution in [3.63, 3.8) is 0 Å². The first-order valence-electron chi connectivity index (χ1n) is 6.66. The molecule has 3 rings (SSSR count). The van der Waals surface area contributed by atoms with Gasteiger partial charge in [0.1, 0.15) is 5.75 Å². The number of halogens is 3. The Balaban J connectivity index is 1.77. The Labute approximate surface area is 128 Å². The van der Waals surface area contributed by atoms with Crippen molar-refractivity contribution in [2.45, 2.75) is 6.36 Å². The van der Waals surface area contributed by atoms with Gasteiger partial charge in [0, 0.05) is 28.4 Å². The molecule has 0 saturated heterocycles. The number of aromatic amines is 1. The van der Waals surface area contributed by atoms with Crippen LogP contribution in [0.3, 0.4) is 0 Å². The minimum atomic E-state index is -4.74. The Hall–Kier alpha value is -2.96. The summed E-state index contributed by atoms with van der Waals surface area (Å²) < 4.78 is 40.1. The Morgan fingerprint density at radius 2 is 1.78 bits per heavy atom. The number of carbonyl (C=O) groups excluding carboxylic acids is 1. The van der Waals surface area contributed by atoms with Gasteiger partial charge in [-0.2, -0.15) is 0 Å². The number of benzene rings is 2. The first-order chi connectivity index (χ1) is 10.9. The van der Waals surface area contributed by atoms with Crippen LogP contribution in [0.4, 0.5) is 18.9 Å². The van der Waals surface area contributed by atoms with Crippen LogP contribution in [0.15, 0.2) is 54.7 Å². The Kier molecular flexibility index (Phi) is 3.69. The van der Waals surface area contributed by atoms with Crippen molar-refractivity contribution in [1.29, 1.82) is 0 Å². The van der Waals surface area contributed by atoms with Gasteiger partial charge in [-0.05, 0) is 42.5 Å². The van der Waals surface area contributed by atoms with Gasteiger partial charge in [0.2, 0.25) is 0 Å². The number of anilines is 1. The summed E-state index contributed by atoms with van der Waals surface area (Å²) in [5.74, 6) is -0.692. The summed E-state index contributed by atoms with van der Waals surface area (Å²) in [4.78, 5) is 15.3. The maximum atomic E-state index is 12.3. The molecule has 3 aromatic rings. The van der Waals surface area contributed by atoms with E-state index in [1.807, 2.05) is 6.07 Å². The molecule has 7 heteroatoms. The molecule has 2 aromatic carbocycles. The molecule has 2 N–H and O–H groups in total. The van der Waals surface area contributed by atoms with Crippen molar-refractivity contribution < 1.29 is 22.7 Å². The molecule has 118 valence electrons. The van der Waals surface area contributed by atoms with Crippen LogP contribution in [0.5, 0.6) is 5.75 Å². The third-order valence-corrected chi connectivity index (χ3v) is 3.19. The molecule has 1 amide bonds. The van der Waals surface area contributed by atoms with Crippen LogP contribution >= 0.6 is 0 Å². The van der Waals surface area contributed by atoms with E-state index in [-0.39, 0.29) is 11.7 Å². The van der Waals surface area contributed by atoms with E-state index in [9.17, 15) is 18.0 Å². The Bertz CT molecular complexity index is 838. The average Bonchev–Trinajstić information content (AvgIpc) is 2.96. The van der Waals surface area contributed by atoms with E-state index < -0.39 is 6.36 Å². The van der Waals surface area contributed by atoms with Gasteiger partial charge in [0.15, 0.2) is 0 Å². The van der Waals surface area contributed by atoms with Gasteiger partial charge < -0.3 is 15.0 Å². The molecule has 0 fully saturated rings. The number of aromatic nitrogens is 1. The van der Waals surface area contributed by atoms with Crippen LogP contribution in [-0.2, 0) is 0 Å². The molecule has 0 atom stereocenters. The fourth-order valence-electron chi connectivity index (χ4n) is 2.22. The molecule has 0 unspecified atom stereocenters. The maximum Gasteiger partial charge on any atom is 0.573 e. The van der Waals surface area contributed by atoms with Gasteiger partial charge in [0.25, 0.3) is 5.91 Å². The number of alkyl halides is 3. The molecular weight excluding hydrogens is 309 g/mol. The van der Waals surface area contributed by atoms with Crippen molar-refractivity contribution in [3.8, 4) is 5.75 Å². The maximum absolute atomic E-state index is 12.3. The van der Waals surface area contributed by atoms with Gasteiger partial charge in [-0.1, -0.05) is 6.07 Å². The number of fused-ring (bicyclic) bond motifs is 1. The van der Waals surface area contributed by atoms with Crippen LogP contribution in [0.1, 0.15) is 10.4 Å². The molecule has 23 heavy (non-hydrogen) atoms. The number of amides is 1. The zero-order chi connectivity index (χ0) is 16.4. The standard InChI is InChI=1S/C16H11F3N2O2/c17-16(18,19)23-11-6-4-10(5-7-11)21-15(22)13-2-1-3-14-12(13)8-9-20-14/h1-9,20H,(H,21,22). The van der Waals surface area contributed by atoms with Crippen LogP contribution in [0.25, 0.3) is 10.9 Å². The highest BCUT2D eigenvalue weighted by atomic mass is 19.4. The molecule has 0 bridgehead atoms. The predicted molar refractivity (Wildman–Crippen MR) is 79.4 cm³/mol. The van der Waals surface area contributed by atoms with Gasteiger partial charge in [-0.15, -0.1) is 13.2 Å². The SMILES string of the molecule is O=C(Nc1ccc(OC(F)(F)F)cc1)c1cccc2[nH]ccc12. The lowest BCUT2D eigenvalue weighted by Crippen LogP contribution is -2.17. The molecular formula is C16H11F3N2O2. The minimum absolute atomic E-state index is 0.344. The van der Waals surface area contributed by atoms with E-state index in [1.165, 1.54) is 12.1 Å². The van der Waals surface area contributed by atoms with Crippen molar-refractivity contribution in [1.82, 2.24) is 4.98 Å². The number of carbonyl (C=O) groups is 1. The molecule has 0 radical (unpaired) electrons. The van der Waals surface area contributed by atoms with E-state index in [0.717, 1.165) is 23.0 Å². The number of nitrogens with one attached hydrogen (secondary N) is 2. The lowest BCUT2D eigenvalue weighted by Gasteiger charge is -2.10. The fourth-order valence-corrected chi connectivity index (χ4v) is 2.22. The van der Waals surface area contributed by atoms with Crippen molar-refractivity contribution in [2.75, 3.05) is 5.32 Å². The monoisotopic (exact) mass is 320 g/mol. The highest BCUT2D eigenvalue weighted by Crippen LogP contribution is 2.24. The molecule has 4 nitrogen and oxygen atoms in total. The fraction of sp³-hybridized carbons (Fsp3) is 0.0625. The lowest BCUT2D eigenvalue weighted by molar-refractivity contribution is -0.274. The van der Waals surface area contributed by atoms with Crippen molar-refractivity contribution in [2.24, 2.45) is 0 Å². The number of hydrogen-bond acceptors (Lipinski definition) is 2. The first kappa shape index (κ1) is 15.0. The van der Waals surface area contributed by atoms with Gasteiger partial charge in [-0.25, -0.2) is 0 Å². The second-order valence-corrected chi connectivity index (χ2v) is 4.77. The van der Waals surface area contributed by atoms with Gasteiger partial charge in [0.05, 0.1) is 0 Å². The number of H-pyrrole nitrogens is 1. The minimum Gasteiger partial charge on any atom is -0.406 e. The van der Waals surface area contributed by atoms with Crippen molar-refractivity contribution >= 4 is 22.5 Å². The van der Waals surface area contributed by atoms with Gasteiger partial charge >= 0.3 is 6.36 Å². The van der Waals surface area contributed by atoms with E-state index in [2.05, 4.69) is 15.0 Å². The number of hydrogen-bond donors (Lipinski definition) is 2. The zero-order valence-electron chi connectivity index (χ0n) is 11.6. The third kappa shape index (κ3) is 3.45. The lowest BCUT2D eigenvalue weighted by atomic mass is 10.1. The quantitative estimate of drug-likeness (QED) is 0.755. The zero-order valence-corrected chi connectivity index (χ0v) is 11.6. The second-order valence-electron chi connectivity index (χ2n) is 4.77. The molecule has 0 aliphatic rings. The highest BCUT2D eigenvalue weighted by Gasteiger charge is 2.30. The topological polar surface area (TPSA) is 54.1 Å². The van der Waals surface area contributed by atoms with Gasteiger partial charge in [-0.3, -0.25) is 4.79 Å². The number of ether oxygens (including phenoxy) is 1. The van der Waals surface area contributed by atoms with Crippen LogP contribution in [0.2, 0.25) is 0 Å². The van der Waals surface area contributed by atoms with Crippen molar-refractivity contribution in [3.05, 3.63) is 60.3 Å². The number of rotatable bonds is 3. The second kappa shape index (κ2) is 5.68. The van der Waals surface area contributed by atoms with Crippen LogP contribution < -0.4 is 10.1 Å². The summed E-state index contributed by atoms with van der Waals surface area (Å²) in [7, 11) is 0. The smallest absolute Gasteiger partial charge is 0.406 e. The molecule has 1 aromatic heterocycles. The summed E-state index contributed by atoms with van der Waals surface area (Å²) >= 11 is 0. The summed E-state index contributed by atoms with van der Waals surface area (Å²) in [6.45, 7) is 0. The highest BCUT2D eigenvalue weighted by molar-refractivity contribution is 6.12. The summed E-state index contributed by atoms with van der Waals surface area (Å²) in [6, 6.07) is 12.0. The van der Waals surface area contributed by atoms with E-state index in [1.54, 1.807) is 24.4 Å². The molecule has 0 spiro atoms. The first-order valence-corrected chi connectivity index (χ1v) is 6.66. The molecule has 0 aliphatic heterocycles. The molecule has 0 saturated carbocycles. The largest absolute Gasteiger partial charge is 0.573 e. The third-order valence-electron chi connectivity index (χ3n) is 3.19.